The highest BCUT2D eigenvalue weighted by atomic mass is 15.1. The van der Waals surface area contributed by atoms with Crippen LogP contribution in [0.5, 0.6) is 0 Å². The van der Waals surface area contributed by atoms with Crippen LogP contribution in [0.2, 0.25) is 0 Å². The van der Waals surface area contributed by atoms with Crippen molar-refractivity contribution in [2.24, 2.45) is 17.6 Å². The first kappa shape index (κ1) is 10.2. The lowest BCUT2D eigenvalue weighted by Gasteiger charge is -2.27. The Morgan fingerprint density at radius 1 is 1.43 bits per heavy atom. The second-order valence-corrected chi connectivity index (χ2v) is 5.06. The summed E-state index contributed by atoms with van der Waals surface area (Å²) in [7, 11) is 2.25. The Labute approximate surface area is 87.2 Å². The summed E-state index contributed by atoms with van der Waals surface area (Å²) in [4.78, 5) is 2.50. The van der Waals surface area contributed by atoms with Crippen LogP contribution >= 0.6 is 0 Å². The molecule has 1 saturated carbocycles. The quantitative estimate of drug-likeness (QED) is 0.689. The minimum atomic E-state index is 0.310. The zero-order chi connectivity index (χ0) is 10.1. The van der Waals surface area contributed by atoms with Crippen LogP contribution in [0.3, 0.4) is 0 Å². The molecule has 2 aliphatic carbocycles. The molecular formula is C12H22N2. The van der Waals surface area contributed by atoms with Crippen molar-refractivity contribution in [2.75, 3.05) is 13.6 Å². The van der Waals surface area contributed by atoms with Gasteiger partial charge < -0.3 is 10.6 Å². The molecular weight excluding hydrogens is 172 g/mol. The Morgan fingerprint density at radius 3 is 2.64 bits per heavy atom. The molecule has 0 aliphatic heterocycles. The van der Waals surface area contributed by atoms with Crippen molar-refractivity contribution in [3.8, 4) is 0 Å². The Bertz CT molecular complexity index is 220. The lowest BCUT2D eigenvalue weighted by molar-refractivity contribution is 0.212. The van der Waals surface area contributed by atoms with Crippen LogP contribution in [0.4, 0.5) is 0 Å². The summed E-state index contributed by atoms with van der Waals surface area (Å²) < 4.78 is 0. The summed E-state index contributed by atoms with van der Waals surface area (Å²) in [5.41, 5.74) is 5.84. The number of hydrogen-bond donors (Lipinski definition) is 1. The second-order valence-electron chi connectivity index (χ2n) is 5.06. The summed E-state index contributed by atoms with van der Waals surface area (Å²) in [6.45, 7) is 3.54. The normalized spacial score (nSPS) is 34.0. The zero-order valence-electron chi connectivity index (χ0n) is 9.32. The van der Waals surface area contributed by atoms with Gasteiger partial charge in [0.2, 0.25) is 0 Å². The SMILES string of the molecule is CC(C1CC1)N(C)CC1C=CC(N)C1. The Morgan fingerprint density at radius 2 is 2.14 bits per heavy atom. The molecule has 2 N–H and O–H groups in total. The molecule has 0 saturated heterocycles. The standard InChI is InChI=1S/C12H22N2/c1-9(11-4-5-11)14(2)8-10-3-6-12(13)7-10/h3,6,9-12H,4-5,7-8,13H2,1-2H3. The molecule has 2 heteroatoms. The molecule has 0 heterocycles. The minimum Gasteiger partial charge on any atom is -0.324 e. The lowest BCUT2D eigenvalue weighted by Crippen LogP contribution is -2.34. The van der Waals surface area contributed by atoms with Crippen molar-refractivity contribution in [3.05, 3.63) is 12.2 Å². The number of nitrogens with zero attached hydrogens (tertiary/aromatic N) is 1. The van der Waals surface area contributed by atoms with Gasteiger partial charge in [0.25, 0.3) is 0 Å². The zero-order valence-corrected chi connectivity index (χ0v) is 9.32. The van der Waals surface area contributed by atoms with E-state index in [0.29, 0.717) is 12.0 Å². The van der Waals surface area contributed by atoms with Gasteiger partial charge in [-0.2, -0.15) is 0 Å². The van der Waals surface area contributed by atoms with Crippen LogP contribution in [0.1, 0.15) is 26.2 Å². The maximum atomic E-state index is 5.84. The van der Waals surface area contributed by atoms with Gasteiger partial charge in [-0.3, -0.25) is 0 Å². The van der Waals surface area contributed by atoms with Gasteiger partial charge in [0.15, 0.2) is 0 Å². The van der Waals surface area contributed by atoms with Gasteiger partial charge in [-0.15, -0.1) is 0 Å². The van der Waals surface area contributed by atoms with Crippen LogP contribution in [0.25, 0.3) is 0 Å². The highest BCUT2D eigenvalue weighted by molar-refractivity contribution is 5.05. The molecule has 0 radical (unpaired) electrons. The molecule has 2 aliphatic rings. The Balaban J connectivity index is 1.76. The van der Waals surface area contributed by atoms with E-state index < -0.39 is 0 Å². The third-order valence-corrected chi connectivity index (χ3v) is 3.73. The lowest BCUT2D eigenvalue weighted by atomic mass is 10.1. The van der Waals surface area contributed by atoms with Crippen LogP contribution < -0.4 is 5.73 Å². The van der Waals surface area contributed by atoms with E-state index in [0.717, 1.165) is 18.4 Å². The van der Waals surface area contributed by atoms with E-state index in [1.807, 2.05) is 0 Å². The maximum absolute atomic E-state index is 5.84. The average molecular weight is 194 g/mol. The van der Waals surface area contributed by atoms with Gasteiger partial charge in [-0.25, -0.2) is 0 Å². The predicted octanol–water partition coefficient (Wildman–Crippen LogP) is 1.62. The first-order valence-electron chi connectivity index (χ1n) is 5.81. The van der Waals surface area contributed by atoms with Crippen molar-refractivity contribution >= 4 is 0 Å². The smallest absolute Gasteiger partial charge is 0.0229 e. The molecule has 3 atom stereocenters. The van der Waals surface area contributed by atoms with Gasteiger partial charge in [0.1, 0.15) is 0 Å². The van der Waals surface area contributed by atoms with Gasteiger partial charge >= 0.3 is 0 Å². The molecule has 0 aromatic heterocycles. The first-order chi connectivity index (χ1) is 6.66. The number of hydrogen-bond acceptors (Lipinski definition) is 2. The molecule has 0 spiro atoms. The van der Waals surface area contributed by atoms with Gasteiger partial charge in [0, 0.05) is 18.6 Å². The van der Waals surface area contributed by atoms with Crippen LogP contribution in [0, 0.1) is 11.8 Å². The van der Waals surface area contributed by atoms with E-state index in [4.69, 9.17) is 5.73 Å². The fraction of sp³-hybridized carbons (Fsp3) is 0.833. The van der Waals surface area contributed by atoms with E-state index in [-0.39, 0.29) is 0 Å². The van der Waals surface area contributed by atoms with Crippen LogP contribution in [0.15, 0.2) is 12.2 Å². The molecule has 0 amide bonds. The first-order valence-corrected chi connectivity index (χ1v) is 5.81. The molecule has 1 fully saturated rings. The third kappa shape index (κ3) is 2.37. The fourth-order valence-corrected chi connectivity index (χ4v) is 2.42. The van der Waals surface area contributed by atoms with Crippen molar-refractivity contribution in [3.63, 3.8) is 0 Å². The summed E-state index contributed by atoms with van der Waals surface area (Å²) >= 11 is 0. The van der Waals surface area contributed by atoms with Crippen molar-refractivity contribution in [1.29, 1.82) is 0 Å². The average Bonchev–Trinajstić information content (AvgIpc) is 2.91. The van der Waals surface area contributed by atoms with Crippen molar-refractivity contribution < 1.29 is 0 Å². The largest absolute Gasteiger partial charge is 0.324 e. The highest BCUT2D eigenvalue weighted by Gasteiger charge is 2.31. The molecule has 2 rings (SSSR count). The van der Waals surface area contributed by atoms with Crippen LogP contribution in [-0.2, 0) is 0 Å². The molecule has 80 valence electrons. The van der Waals surface area contributed by atoms with E-state index in [2.05, 4.69) is 31.0 Å². The maximum Gasteiger partial charge on any atom is 0.0229 e. The fourth-order valence-electron chi connectivity index (χ4n) is 2.42. The monoisotopic (exact) mass is 194 g/mol. The number of rotatable bonds is 4. The van der Waals surface area contributed by atoms with Crippen LogP contribution in [-0.4, -0.2) is 30.6 Å². The topological polar surface area (TPSA) is 29.3 Å². The summed E-state index contributed by atoms with van der Waals surface area (Å²) in [5.74, 6) is 1.66. The third-order valence-electron chi connectivity index (χ3n) is 3.73. The van der Waals surface area contributed by atoms with Gasteiger partial charge in [0.05, 0.1) is 0 Å². The van der Waals surface area contributed by atoms with Gasteiger partial charge in [-0.05, 0) is 45.1 Å². The Kier molecular flexibility index (Phi) is 2.93. The molecule has 0 bridgehead atoms. The van der Waals surface area contributed by atoms with E-state index >= 15 is 0 Å². The predicted molar refractivity (Wildman–Crippen MR) is 60.0 cm³/mol. The summed E-state index contributed by atoms with van der Waals surface area (Å²) in [6.07, 6.45) is 8.46. The van der Waals surface area contributed by atoms with E-state index in [1.165, 1.54) is 19.4 Å². The molecule has 0 aromatic rings. The highest BCUT2D eigenvalue weighted by Crippen LogP contribution is 2.35. The van der Waals surface area contributed by atoms with Crippen molar-refractivity contribution in [1.82, 2.24) is 4.90 Å². The summed E-state index contributed by atoms with van der Waals surface area (Å²) in [6, 6.07) is 1.07. The molecule has 2 nitrogen and oxygen atoms in total. The Hall–Kier alpha value is -0.340. The van der Waals surface area contributed by atoms with Crippen molar-refractivity contribution in [2.45, 2.75) is 38.3 Å². The molecule has 3 unspecified atom stereocenters. The van der Waals surface area contributed by atoms with Gasteiger partial charge in [-0.1, -0.05) is 12.2 Å². The molecule has 0 aromatic carbocycles. The molecule has 14 heavy (non-hydrogen) atoms. The second kappa shape index (κ2) is 4.03. The summed E-state index contributed by atoms with van der Waals surface area (Å²) in [5, 5.41) is 0. The number of nitrogens with two attached hydrogens (primary N) is 1. The minimum absolute atomic E-state index is 0.310. The van der Waals surface area contributed by atoms with E-state index in [1.54, 1.807) is 0 Å². The van der Waals surface area contributed by atoms with E-state index in [9.17, 15) is 0 Å².